The Balaban J connectivity index is 1.63. The molecule has 4 heterocycles. The number of pyridine rings is 1. The highest BCUT2D eigenvalue weighted by atomic mass is 16.5. The number of aromatic nitrogens is 2. The molecule has 8 heteroatoms. The summed E-state index contributed by atoms with van der Waals surface area (Å²) in [5.74, 6) is 0.812. The summed E-state index contributed by atoms with van der Waals surface area (Å²) < 4.78 is 11.2. The Bertz CT molecular complexity index is 689. The zero-order chi connectivity index (χ0) is 15.8. The highest BCUT2D eigenvalue weighted by Crippen LogP contribution is 2.29. The molecule has 2 aromatic rings. The van der Waals surface area contributed by atoms with Crippen LogP contribution in [0.5, 0.6) is 0 Å². The van der Waals surface area contributed by atoms with Gasteiger partial charge in [-0.3, -0.25) is 0 Å². The van der Waals surface area contributed by atoms with Crippen LogP contribution in [0.4, 0.5) is 17.5 Å². The highest BCUT2D eigenvalue weighted by molar-refractivity contribution is 5.80. The van der Waals surface area contributed by atoms with E-state index >= 15 is 0 Å². The van der Waals surface area contributed by atoms with Gasteiger partial charge >= 0.3 is 0 Å². The number of anilines is 3. The molecule has 8 nitrogen and oxygen atoms in total. The molecule has 0 saturated carbocycles. The second kappa shape index (κ2) is 5.86. The molecule has 2 fully saturated rings. The van der Waals surface area contributed by atoms with E-state index in [9.17, 15) is 0 Å². The second-order valence-corrected chi connectivity index (χ2v) is 6.11. The first-order valence-electron chi connectivity index (χ1n) is 8.04. The Morgan fingerprint density at radius 3 is 2.48 bits per heavy atom. The van der Waals surface area contributed by atoms with Crippen LogP contribution in [0, 0.1) is 0 Å². The van der Waals surface area contributed by atoms with Gasteiger partial charge in [0.15, 0.2) is 11.4 Å². The minimum atomic E-state index is 0.603. The summed E-state index contributed by atoms with van der Waals surface area (Å²) in [5.41, 5.74) is 8.11. The summed E-state index contributed by atoms with van der Waals surface area (Å²) in [6.45, 7) is 6.83. The molecule has 4 rings (SSSR count). The zero-order valence-electron chi connectivity index (χ0n) is 13.4. The van der Waals surface area contributed by atoms with Crippen molar-refractivity contribution in [2.75, 3.05) is 75.1 Å². The minimum absolute atomic E-state index is 0.603. The van der Waals surface area contributed by atoms with Crippen LogP contribution in [-0.2, 0) is 4.74 Å². The molecular weight excluding hydrogens is 296 g/mol. The summed E-state index contributed by atoms with van der Waals surface area (Å²) in [7, 11) is 2.13. The summed E-state index contributed by atoms with van der Waals surface area (Å²) in [6, 6.07) is 2.44. The maximum absolute atomic E-state index is 6.20. The number of likely N-dealkylation sites (N-methyl/N-ethyl adjacent to an activating group) is 1. The third kappa shape index (κ3) is 2.79. The first-order valence-corrected chi connectivity index (χ1v) is 8.04. The van der Waals surface area contributed by atoms with Crippen LogP contribution in [0.3, 0.4) is 0 Å². The molecule has 0 radical (unpaired) electrons. The van der Waals surface area contributed by atoms with Gasteiger partial charge in [0, 0.05) is 45.3 Å². The monoisotopic (exact) mass is 318 g/mol. The van der Waals surface area contributed by atoms with Gasteiger partial charge in [-0.1, -0.05) is 0 Å². The van der Waals surface area contributed by atoms with Crippen LogP contribution >= 0.6 is 0 Å². The van der Waals surface area contributed by atoms with Crippen LogP contribution in [0.25, 0.3) is 11.2 Å². The van der Waals surface area contributed by atoms with Crippen molar-refractivity contribution in [2.24, 2.45) is 0 Å². The molecule has 0 spiro atoms. The molecule has 0 unspecified atom stereocenters. The number of hydrogen-bond acceptors (Lipinski definition) is 8. The average molecular weight is 318 g/mol. The van der Waals surface area contributed by atoms with Crippen molar-refractivity contribution in [3.8, 4) is 0 Å². The van der Waals surface area contributed by atoms with Crippen molar-refractivity contribution in [2.45, 2.75) is 0 Å². The molecule has 23 heavy (non-hydrogen) atoms. The van der Waals surface area contributed by atoms with Gasteiger partial charge in [-0.2, -0.15) is 4.98 Å². The predicted octanol–water partition coefficient (Wildman–Crippen LogP) is 0.393. The van der Waals surface area contributed by atoms with Crippen molar-refractivity contribution in [3.05, 3.63) is 6.07 Å². The average Bonchev–Trinajstić information content (AvgIpc) is 2.98. The Morgan fingerprint density at radius 2 is 1.74 bits per heavy atom. The third-order valence-electron chi connectivity index (χ3n) is 4.46. The van der Waals surface area contributed by atoms with E-state index in [1.807, 2.05) is 6.07 Å². The number of nitrogens with two attached hydrogens (primary N) is 1. The van der Waals surface area contributed by atoms with Gasteiger partial charge in [0.25, 0.3) is 6.01 Å². The van der Waals surface area contributed by atoms with E-state index in [1.165, 1.54) is 0 Å². The summed E-state index contributed by atoms with van der Waals surface area (Å²) >= 11 is 0. The maximum atomic E-state index is 6.20. The molecule has 0 aromatic carbocycles. The van der Waals surface area contributed by atoms with Crippen LogP contribution in [0.1, 0.15) is 0 Å². The van der Waals surface area contributed by atoms with Crippen molar-refractivity contribution >= 4 is 28.8 Å². The summed E-state index contributed by atoms with van der Waals surface area (Å²) in [5, 5.41) is 0. The van der Waals surface area contributed by atoms with E-state index in [2.05, 4.69) is 31.7 Å². The quantitative estimate of drug-likeness (QED) is 0.851. The lowest BCUT2D eigenvalue weighted by Gasteiger charge is -2.33. The van der Waals surface area contributed by atoms with Crippen LogP contribution in [0.2, 0.25) is 0 Å². The lowest BCUT2D eigenvalue weighted by molar-refractivity contribution is 0.120. The Kier molecular flexibility index (Phi) is 3.70. The molecule has 2 aliphatic rings. The number of morpholine rings is 1. The number of ether oxygens (including phenoxy) is 1. The van der Waals surface area contributed by atoms with E-state index < -0.39 is 0 Å². The predicted molar refractivity (Wildman–Crippen MR) is 89.0 cm³/mol. The first kappa shape index (κ1) is 14.5. The van der Waals surface area contributed by atoms with Crippen molar-refractivity contribution in [1.82, 2.24) is 14.9 Å². The molecule has 2 aromatic heterocycles. The van der Waals surface area contributed by atoms with Crippen molar-refractivity contribution in [3.63, 3.8) is 0 Å². The SMILES string of the molecule is CN1CCN(c2nc3nc(N4CCOCC4)oc3cc2N)CC1. The summed E-state index contributed by atoms with van der Waals surface area (Å²) in [4.78, 5) is 15.8. The lowest BCUT2D eigenvalue weighted by atomic mass is 10.3. The van der Waals surface area contributed by atoms with Crippen LogP contribution in [-0.4, -0.2) is 74.4 Å². The van der Waals surface area contributed by atoms with Crippen molar-refractivity contribution in [1.29, 1.82) is 0 Å². The number of nitrogens with zero attached hydrogens (tertiary/aromatic N) is 5. The fourth-order valence-corrected chi connectivity index (χ4v) is 3.02. The highest BCUT2D eigenvalue weighted by Gasteiger charge is 2.22. The normalized spacial score (nSPS) is 20.4. The van der Waals surface area contributed by atoms with Crippen LogP contribution < -0.4 is 15.5 Å². The van der Waals surface area contributed by atoms with Gasteiger partial charge < -0.3 is 29.6 Å². The van der Waals surface area contributed by atoms with Gasteiger partial charge in [-0.15, -0.1) is 0 Å². The van der Waals surface area contributed by atoms with Gasteiger partial charge in [0.2, 0.25) is 5.65 Å². The number of rotatable bonds is 2. The fourth-order valence-electron chi connectivity index (χ4n) is 3.02. The molecule has 0 aliphatic carbocycles. The first-order chi connectivity index (χ1) is 11.2. The molecule has 0 amide bonds. The van der Waals surface area contributed by atoms with E-state index in [-0.39, 0.29) is 0 Å². The molecule has 2 N–H and O–H groups in total. The van der Waals surface area contributed by atoms with E-state index in [0.29, 0.717) is 36.1 Å². The molecule has 0 atom stereocenters. The Morgan fingerprint density at radius 1 is 1.00 bits per heavy atom. The number of piperazine rings is 1. The van der Waals surface area contributed by atoms with E-state index in [1.54, 1.807) is 0 Å². The van der Waals surface area contributed by atoms with Crippen molar-refractivity contribution < 1.29 is 9.15 Å². The Labute approximate surface area is 134 Å². The number of nitrogen functional groups attached to an aromatic ring is 1. The molecule has 2 aliphatic heterocycles. The standard InChI is InChI=1S/C15H22N6O2/c1-19-2-4-20(5-3-19)14-11(16)10-12-13(17-14)18-15(23-12)21-6-8-22-9-7-21/h10H,2-9,16H2,1H3. The van der Waals surface area contributed by atoms with Gasteiger partial charge in [0.1, 0.15) is 0 Å². The topological polar surface area (TPSA) is 83.9 Å². The summed E-state index contributed by atoms with van der Waals surface area (Å²) in [6.07, 6.45) is 0. The maximum Gasteiger partial charge on any atom is 0.300 e. The number of hydrogen-bond donors (Lipinski definition) is 1. The van der Waals surface area contributed by atoms with Gasteiger partial charge in [-0.05, 0) is 7.05 Å². The van der Waals surface area contributed by atoms with Gasteiger partial charge in [0.05, 0.1) is 18.9 Å². The van der Waals surface area contributed by atoms with Crippen LogP contribution in [0.15, 0.2) is 10.5 Å². The Hall–Kier alpha value is -2.06. The molecule has 124 valence electrons. The second-order valence-electron chi connectivity index (χ2n) is 6.11. The van der Waals surface area contributed by atoms with E-state index in [4.69, 9.17) is 14.9 Å². The van der Waals surface area contributed by atoms with Gasteiger partial charge in [-0.25, -0.2) is 4.98 Å². The molecule has 0 bridgehead atoms. The number of fused-ring (bicyclic) bond motifs is 1. The largest absolute Gasteiger partial charge is 0.422 e. The third-order valence-corrected chi connectivity index (χ3v) is 4.46. The zero-order valence-corrected chi connectivity index (χ0v) is 13.4. The number of oxazole rings is 1. The molecular formula is C15H22N6O2. The van der Waals surface area contributed by atoms with E-state index in [0.717, 1.165) is 45.1 Å². The lowest BCUT2D eigenvalue weighted by Crippen LogP contribution is -2.45. The molecule has 2 saturated heterocycles. The minimum Gasteiger partial charge on any atom is -0.422 e. The fraction of sp³-hybridized carbons (Fsp3) is 0.600. The smallest absolute Gasteiger partial charge is 0.300 e.